The molecule has 0 amide bonds. The van der Waals surface area contributed by atoms with Crippen molar-refractivity contribution in [1.29, 1.82) is 0 Å². The second-order valence-electron chi connectivity index (χ2n) is 2.63. The van der Waals surface area contributed by atoms with Crippen molar-refractivity contribution >= 4 is 23.7 Å². The molecule has 82 valence electrons. The van der Waals surface area contributed by atoms with Gasteiger partial charge in [-0.2, -0.15) is 0 Å². The first-order valence-electron chi connectivity index (χ1n) is 4.60. The van der Waals surface area contributed by atoms with E-state index in [1.54, 1.807) is 6.92 Å². The average molecular weight is 220 g/mol. The molecule has 1 unspecified atom stereocenters. The Kier molecular flexibility index (Phi) is 7.51. The lowest BCUT2D eigenvalue weighted by molar-refractivity contribution is -0.150. The van der Waals surface area contributed by atoms with Crippen LogP contribution in [0.4, 0.5) is 0 Å². The highest BCUT2D eigenvalue weighted by molar-refractivity contribution is 7.96. The minimum atomic E-state index is -0.801. The van der Waals surface area contributed by atoms with Gasteiger partial charge in [-0.3, -0.25) is 9.59 Å². The van der Waals surface area contributed by atoms with Crippen molar-refractivity contribution in [1.82, 2.24) is 0 Å². The molecule has 0 spiro atoms. The zero-order chi connectivity index (χ0) is 11.0. The Bertz CT molecular complexity index is 193. The summed E-state index contributed by atoms with van der Waals surface area (Å²) in [4.78, 5) is 22.2. The normalized spacial score (nSPS) is 12.2. The smallest absolute Gasteiger partial charge is 0.317 e. The van der Waals surface area contributed by atoms with E-state index in [2.05, 4.69) is 12.6 Å². The summed E-state index contributed by atoms with van der Waals surface area (Å²) < 4.78 is 9.78. The topological polar surface area (TPSA) is 52.6 Å². The summed E-state index contributed by atoms with van der Waals surface area (Å²) >= 11 is 3.63. The van der Waals surface area contributed by atoms with Gasteiger partial charge in [0.15, 0.2) is 5.12 Å². The molecule has 0 aromatic carbocycles. The van der Waals surface area contributed by atoms with Crippen molar-refractivity contribution in [2.75, 3.05) is 19.8 Å². The molecular formula is C9H16O4S. The first kappa shape index (κ1) is 13.4. The van der Waals surface area contributed by atoms with E-state index >= 15 is 0 Å². The van der Waals surface area contributed by atoms with Crippen LogP contribution in [0.15, 0.2) is 0 Å². The van der Waals surface area contributed by atoms with E-state index < -0.39 is 17.0 Å². The fraction of sp³-hybridized carbons (Fsp3) is 0.778. The molecule has 14 heavy (non-hydrogen) atoms. The lowest BCUT2D eigenvalue weighted by Gasteiger charge is -2.11. The van der Waals surface area contributed by atoms with Crippen LogP contribution in [0.5, 0.6) is 0 Å². The van der Waals surface area contributed by atoms with E-state index in [9.17, 15) is 9.59 Å². The van der Waals surface area contributed by atoms with Crippen LogP contribution in [0.25, 0.3) is 0 Å². The Morgan fingerprint density at radius 3 is 2.36 bits per heavy atom. The number of carbonyl (C=O) groups is 2. The van der Waals surface area contributed by atoms with E-state index in [0.717, 1.165) is 0 Å². The molecule has 0 saturated carbocycles. The molecule has 0 bridgehead atoms. The quantitative estimate of drug-likeness (QED) is 0.301. The predicted octanol–water partition coefficient (Wildman–Crippen LogP) is 1.05. The lowest BCUT2D eigenvalue weighted by Crippen LogP contribution is -2.24. The van der Waals surface area contributed by atoms with Crippen molar-refractivity contribution in [2.45, 2.75) is 20.3 Å². The third kappa shape index (κ3) is 5.24. The van der Waals surface area contributed by atoms with Crippen LogP contribution in [0, 0.1) is 5.92 Å². The maximum absolute atomic E-state index is 11.2. The van der Waals surface area contributed by atoms with Gasteiger partial charge in [-0.25, -0.2) is 0 Å². The molecular weight excluding hydrogens is 204 g/mol. The van der Waals surface area contributed by atoms with Crippen molar-refractivity contribution in [3.8, 4) is 0 Å². The first-order chi connectivity index (χ1) is 6.63. The van der Waals surface area contributed by atoms with Crippen molar-refractivity contribution < 1.29 is 19.1 Å². The molecule has 0 aromatic heterocycles. The zero-order valence-corrected chi connectivity index (χ0v) is 9.38. The first-order valence-corrected chi connectivity index (χ1v) is 5.05. The lowest BCUT2D eigenvalue weighted by atomic mass is 10.1. The fourth-order valence-electron chi connectivity index (χ4n) is 0.931. The van der Waals surface area contributed by atoms with Gasteiger partial charge < -0.3 is 9.47 Å². The van der Waals surface area contributed by atoms with Crippen LogP contribution in [0.1, 0.15) is 20.3 Å². The number of ether oxygens (including phenoxy) is 2. The minimum absolute atomic E-state index is 0.269. The van der Waals surface area contributed by atoms with Gasteiger partial charge in [-0.15, -0.1) is 12.6 Å². The number of hydrogen-bond acceptors (Lipinski definition) is 4. The van der Waals surface area contributed by atoms with Gasteiger partial charge in [-0.05, 0) is 20.3 Å². The van der Waals surface area contributed by atoms with E-state index in [-0.39, 0.29) is 6.61 Å². The molecule has 1 atom stereocenters. The Morgan fingerprint density at radius 1 is 1.29 bits per heavy atom. The molecule has 0 aromatic rings. The highest BCUT2D eigenvalue weighted by Crippen LogP contribution is 2.10. The maximum Gasteiger partial charge on any atom is 0.317 e. The number of rotatable bonds is 7. The Labute approximate surface area is 89.4 Å². The van der Waals surface area contributed by atoms with Gasteiger partial charge >= 0.3 is 5.97 Å². The molecule has 0 rings (SSSR count). The molecule has 0 heterocycles. The number of thiol groups is 1. The molecule has 0 saturated heterocycles. The summed E-state index contributed by atoms with van der Waals surface area (Å²) in [6.07, 6.45) is 0.328. The number of hydrogen-bond donors (Lipinski definition) is 1. The highest BCUT2D eigenvalue weighted by atomic mass is 32.1. The molecule has 5 heteroatoms. The van der Waals surface area contributed by atoms with Crippen molar-refractivity contribution in [3.63, 3.8) is 0 Å². The van der Waals surface area contributed by atoms with Gasteiger partial charge in [0.1, 0.15) is 5.92 Å². The van der Waals surface area contributed by atoms with Crippen LogP contribution in [0.2, 0.25) is 0 Å². The third-order valence-corrected chi connectivity index (χ3v) is 1.94. The Hall–Kier alpha value is -0.550. The Balaban J connectivity index is 4.01. The minimum Gasteiger partial charge on any atom is -0.465 e. The van der Waals surface area contributed by atoms with Gasteiger partial charge in [0.2, 0.25) is 0 Å². The third-order valence-electron chi connectivity index (χ3n) is 1.62. The average Bonchev–Trinajstić information content (AvgIpc) is 2.12. The van der Waals surface area contributed by atoms with Gasteiger partial charge in [0.25, 0.3) is 0 Å². The van der Waals surface area contributed by atoms with E-state index in [0.29, 0.717) is 19.6 Å². The van der Waals surface area contributed by atoms with Crippen LogP contribution in [-0.4, -0.2) is 30.9 Å². The second kappa shape index (κ2) is 7.82. The second-order valence-corrected chi connectivity index (χ2v) is 3.07. The molecule has 0 aliphatic carbocycles. The molecule has 0 aliphatic rings. The summed E-state index contributed by atoms with van der Waals surface area (Å²) in [5.41, 5.74) is 0. The van der Waals surface area contributed by atoms with Crippen molar-refractivity contribution in [3.05, 3.63) is 0 Å². The van der Waals surface area contributed by atoms with Crippen LogP contribution in [-0.2, 0) is 19.1 Å². The summed E-state index contributed by atoms with van der Waals surface area (Å²) in [6.45, 7) is 4.75. The summed E-state index contributed by atoms with van der Waals surface area (Å²) in [7, 11) is 0. The SMILES string of the molecule is CCOCCC(C(=O)S)C(=O)OCC. The van der Waals surface area contributed by atoms with Crippen molar-refractivity contribution in [2.24, 2.45) is 5.92 Å². The molecule has 0 aliphatic heterocycles. The number of esters is 1. The largest absolute Gasteiger partial charge is 0.465 e. The highest BCUT2D eigenvalue weighted by Gasteiger charge is 2.24. The zero-order valence-electron chi connectivity index (χ0n) is 8.49. The van der Waals surface area contributed by atoms with Crippen LogP contribution in [0.3, 0.4) is 0 Å². The van der Waals surface area contributed by atoms with Crippen LogP contribution >= 0.6 is 12.6 Å². The van der Waals surface area contributed by atoms with Gasteiger partial charge in [-0.1, -0.05) is 0 Å². The predicted molar refractivity (Wildman–Crippen MR) is 55.2 cm³/mol. The molecule has 4 nitrogen and oxygen atoms in total. The maximum atomic E-state index is 11.2. The molecule has 0 radical (unpaired) electrons. The van der Waals surface area contributed by atoms with E-state index in [4.69, 9.17) is 9.47 Å². The summed E-state index contributed by atoms with van der Waals surface area (Å²) in [5, 5.41) is -0.469. The molecule has 0 fully saturated rings. The van der Waals surface area contributed by atoms with Crippen LogP contribution < -0.4 is 0 Å². The summed E-state index contributed by atoms with van der Waals surface area (Å²) in [5.74, 6) is -1.32. The fourth-order valence-corrected chi connectivity index (χ4v) is 1.17. The summed E-state index contributed by atoms with van der Waals surface area (Å²) in [6, 6.07) is 0. The Morgan fingerprint density at radius 2 is 1.93 bits per heavy atom. The molecule has 0 N–H and O–H groups in total. The van der Waals surface area contributed by atoms with E-state index in [1.807, 2.05) is 6.92 Å². The standard InChI is InChI=1S/C9H16O4S/c1-3-12-6-5-7(9(11)14)8(10)13-4-2/h7H,3-6H2,1-2H3,(H,11,14). The number of carbonyl (C=O) groups excluding carboxylic acids is 2. The van der Waals surface area contributed by atoms with Gasteiger partial charge in [0, 0.05) is 13.2 Å². The van der Waals surface area contributed by atoms with Gasteiger partial charge in [0.05, 0.1) is 6.61 Å². The monoisotopic (exact) mass is 220 g/mol. The van der Waals surface area contributed by atoms with E-state index in [1.165, 1.54) is 0 Å².